The van der Waals surface area contributed by atoms with Crippen molar-refractivity contribution in [2.45, 2.75) is 65.8 Å². The van der Waals surface area contributed by atoms with Gasteiger partial charge in [-0.05, 0) is 26.7 Å². The van der Waals surface area contributed by atoms with Gasteiger partial charge in [0.15, 0.2) is 0 Å². The van der Waals surface area contributed by atoms with E-state index >= 15 is 0 Å². The van der Waals surface area contributed by atoms with E-state index in [1.165, 1.54) is 0 Å². The van der Waals surface area contributed by atoms with Crippen LogP contribution >= 0.6 is 0 Å². The summed E-state index contributed by atoms with van der Waals surface area (Å²) in [6.45, 7) is 11.2. The van der Waals surface area contributed by atoms with Gasteiger partial charge in [-0.25, -0.2) is 4.98 Å². The summed E-state index contributed by atoms with van der Waals surface area (Å²) >= 11 is 0. The van der Waals surface area contributed by atoms with Crippen molar-refractivity contribution in [1.29, 1.82) is 0 Å². The van der Waals surface area contributed by atoms with E-state index in [4.69, 9.17) is 4.74 Å². The summed E-state index contributed by atoms with van der Waals surface area (Å²) in [5, 5.41) is 3.37. The Kier molecular flexibility index (Phi) is 6.98. The first-order chi connectivity index (χ1) is 8.58. The van der Waals surface area contributed by atoms with Crippen LogP contribution in [-0.4, -0.2) is 28.3 Å². The second kappa shape index (κ2) is 8.27. The lowest BCUT2D eigenvalue weighted by Gasteiger charge is -2.07. The molecule has 1 rings (SSSR count). The summed E-state index contributed by atoms with van der Waals surface area (Å²) in [6.07, 6.45) is 6.63. The average Bonchev–Trinajstić information content (AvgIpc) is 2.73. The van der Waals surface area contributed by atoms with E-state index in [0.717, 1.165) is 38.2 Å². The van der Waals surface area contributed by atoms with Gasteiger partial charge in [-0.2, -0.15) is 0 Å². The van der Waals surface area contributed by atoms with Crippen molar-refractivity contribution in [2.75, 3.05) is 6.61 Å². The zero-order chi connectivity index (χ0) is 13.4. The van der Waals surface area contributed by atoms with Gasteiger partial charge in [0.05, 0.1) is 18.1 Å². The molecule has 0 aliphatic rings. The van der Waals surface area contributed by atoms with Crippen molar-refractivity contribution < 1.29 is 4.74 Å². The Bertz CT molecular complexity index is 321. The zero-order valence-electron chi connectivity index (χ0n) is 12.1. The Morgan fingerprint density at radius 2 is 2.06 bits per heavy atom. The van der Waals surface area contributed by atoms with Crippen LogP contribution in [0.3, 0.4) is 0 Å². The van der Waals surface area contributed by atoms with Gasteiger partial charge in [-0.1, -0.05) is 13.8 Å². The molecule has 104 valence electrons. The molecule has 0 aliphatic heterocycles. The summed E-state index contributed by atoms with van der Waals surface area (Å²) in [5.74, 6) is 0. The highest BCUT2D eigenvalue weighted by Crippen LogP contribution is 2.01. The Morgan fingerprint density at radius 1 is 1.28 bits per heavy atom. The highest BCUT2D eigenvalue weighted by atomic mass is 16.5. The topological polar surface area (TPSA) is 39.1 Å². The van der Waals surface area contributed by atoms with Crippen LogP contribution in [0.25, 0.3) is 0 Å². The number of aryl methyl sites for hydroxylation is 1. The molecule has 1 aromatic heterocycles. The maximum atomic E-state index is 5.52. The third-order valence-corrected chi connectivity index (χ3v) is 2.64. The molecule has 4 nitrogen and oxygen atoms in total. The number of unbranched alkanes of at least 4 members (excludes halogenated alkanes) is 1. The molecule has 0 amide bonds. The summed E-state index contributed by atoms with van der Waals surface area (Å²) in [6, 6.07) is 0.503. The van der Waals surface area contributed by atoms with Crippen LogP contribution in [0.1, 0.15) is 46.2 Å². The summed E-state index contributed by atoms with van der Waals surface area (Å²) in [7, 11) is 0. The van der Waals surface area contributed by atoms with Crippen molar-refractivity contribution in [3.63, 3.8) is 0 Å². The smallest absolute Gasteiger partial charge is 0.0949 e. The van der Waals surface area contributed by atoms with Crippen molar-refractivity contribution in [2.24, 2.45) is 0 Å². The molecular formula is C14H27N3O. The fourth-order valence-corrected chi connectivity index (χ4v) is 1.64. The van der Waals surface area contributed by atoms with Crippen LogP contribution in [0.15, 0.2) is 12.5 Å². The maximum Gasteiger partial charge on any atom is 0.0949 e. The SMILES string of the molecule is CC(C)NCc1cn(CCCCOC(C)C)cn1. The van der Waals surface area contributed by atoms with E-state index in [-0.39, 0.29) is 0 Å². The fourth-order valence-electron chi connectivity index (χ4n) is 1.64. The van der Waals surface area contributed by atoms with E-state index in [9.17, 15) is 0 Å². The molecule has 1 heterocycles. The Balaban J connectivity index is 2.15. The van der Waals surface area contributed by atoms with E-state index in [0.29, 0.717) is 12.1 Å². The van der Waals surface area contributed by atoms with Gasteiger partial charge in [0.25, 0.3) is 0 Å². The number of imidazole rings is 1. The first-order valence-corrected chi connectivity index (χ1v) is 6.93. The molecule has 1 aromatic rings. The highest BCUT2D eigenvalue weighted by Gasteiger charge is 2.00. The van der Waals surface area contributed by atoms with Crippen LogP contribution < -0.4 is 5.32 Å². The van der Waals surface area contributed by atoms with Crippen molar-refractivity contribution in [3.8, 4) is 0 Å². The number of nitrogens with zero attached hydrogens (tertiary/aromatic N) is 2. The molecule has 0 saturated heterocycles. The molecule has 0 bridgehead atoms. The van der Waals surface area contributed by atoms with Crippen molar-refractivity contribution >= 4 is 0 Å². The lowest BCUT2D eigenvalue weighted by atomic mass is 10.3. The van der Waals surface area contributed by atoms with Crippen molar-refractivity contribution in [3.05, 3.63) is 18.2 Å². The standard InChI is InChI=1S/C14H27N3O/c1-12(2)15-9-14-10-17(11-16-14)7-5-6-8-18-13(3)4/h10-13,15H,5-9H2,1-4H3. The molecule has 0 spiro atoms. The second-order valence-corrected chi connectivity index (χ2v) is 5.27. The minimum Gasteiger partial charge on any atom is -0.379 e. The fraction of sp³-hybridized carbons (Fsp3) is 0.786. The third-order valence-electron chi connectivity index (χ3n) is 2.64. The van der Waals surface area contributed by atoms with Crippen LogP contribution in [0, 0.1) is 0 Å². The molecule has 0 saturated carbocycles. The number of hydrogen-bond donors (Lipinski definition) is 1. The number of rotatable bonds is 9. The molecule has 18 heavy (non-hydrogen) atoms. The third kappa shape index (κ3) is 6.77. The lowest BCUT2D eigenvalue weighted by molar-refractivity contribution is 0.0754. The van der Waals surface area contributed by atoms with Crippen LogP contribution in [0.5, 0.6) is 0 Å². The van der Waals surface area contributed by atoms with Gasteiger partial charge in [-0.3, -0.25) is 0 Å². The predicted molar refractivity (Wildman–Crippen MR) is 74.5 cm³/mol. The van der Waals surface area contributed by atoms with Crippen LogP contribution in [0.2, 0.25) is 0 Å². The average molecular weight is 253 g/mol. The van der Waals surface area contributed by atoms with Gasteiger partial charge in [0.2, 0.25) is 0 Å². The van der Waals surface area contributed by atoms with Gasteiger partial charge in [-0.15, -0.1) is 0 Å². The van der Waals surface area contributed by atoms with Gasteiger partial charge < -0.3 is 14.6 Å². The molecule has 0 radical (unpaired) electrons. The van der Waals surface area contributed by atoms with Gasteiger partial charge in [0, 0.05) is 31.9 Å². The molecule has 0 unspecified atom stereocenters. The molecule has 1 N–H and O–H groups in total. The van der Waals surface area contributed by atoms with Crippen LogP contribution in [-0.2, 0) is 17.8 Å². The summed E-state index contributed by atoms with van der Waals surface area (Å²) in [4.78, 5) is 4.38. The minimum atomic E-state index is 0.340. The number of aromatic nitrogens is 2. The van der Waals surface area contributed by atoms with E-state index in [2.05, 4.69) is 48.8 Å². The quantitative estimate of drug-likeness (QED) is 0.688. The number of nitrogens with one attached hydrogen (secondary N) is 1. The van der Waals surface area contributed by atoms with Gasteiger partial charge in [0.1, 0.15) is 0 Å². The molecule has 0 aliphatic carbocycles. The Hall–Kier alpha value is -0.870. The first kappa shape index (κ1) is 15.2. The molecule has 0 fully saturated rings. The van der Waals surface area contributed by atoms with E-state index in [1.54, 1.807) is 0 Å². The highest BCUT2D eigenvalue weighted by molar-refractivity contribution is 4.96. The molecule has 0 aromatic carbocycles. The molecule has 4 heteroatoms. The van der Waals surface area contributed by atoms with E-state index in [1.807, 2.05) is 6.33 Å². The van der Waals surface area contributed by atoms with Crippen LogP contribution in [0.4, 0.5) is 0 Å². The Morgan fingerprint density at radius 3 is 2.72 bits per heavy atom. The zero-order valence-corrected chi connectivity index (χ0v) is 12.1. The first-order valence-electron chi connectivity index (χ1n) is 6.93. The monoisotopic (exact) mass is 253 g/mol. The molecular weight excluding hydrogens is 226 g/mol. The molecule has 0 atom stereocenters. The normalized spacial score (nSPS) is 11.7. The minimum absolute atomic E-state index is 0.340. The summed E-state index contributed by atoms with van der Waals surface area (Å²) in [5.41, 5.74) is 1.11. The number of ether oxygens (including phenoxy) is 1. The van der Waals surface area contributed by atoms with E-state index < -0.39 is 0 Å². The van der Waals surface area contributed by atoms with Gasteiger partial charge >= 0.3 is 0 Å². The maximum absolute atomic E-state index is 5.52. The summed E-state index contributed by atoms with van der Waals surface area (Å²) < 4.78 is 7.67. The Labute approximate surface area is 111 Å². The number of hydrogen-bond acceptors (Lipinski definition) is 3. The predicted octanol–water partition coefficient (Wildman–Crippen LogP) is 2.59. The largest absolute Gasteiger partial charge is 0.379 e. The lowest BCUT2D eigenvalue weighted by Crippen LogP contribution is -2.21. The van der Waals surface area contributed by atoms with Crippen molar-refractivity contribution in [1.82, 2.24) is 14.9 Å². The second-order valence-electron chi connectivity index (χ2n) is 5.27.